The minimum atomic E-state index is -0.378. The average molecular weight is 318 g/mol. The normalized spacial score (nSPS) is 13.4. The number of carbonyl (C=O) groups is 1. The summed E-state index contributed by atoms with van der Waals surface area (Å²) >= 11 is 1.55. The number of hydrogen-bond donors (Lipinski definition) is 1. The molecule has 0 fully saturated rings. The second-order valence-corrected chi connectivity index (χ2v) is 6.31. The number of fused-ring (bicyclic) bond motifs is 1. The largest absolute Gasteiger partial charge is 0.486 e. The molecule has 0 atom stereocenters. The topological polar surface area (TPSA) is 64.8 Å². The number of hydrogen-bond acceptors (Lipinski definition) is 5. The Morgan fingerprint density at radius 2 is 2.00 bits per heavy atom. The van der Waals surface area contributed by atoms with Crippen LogP contribution in [0.2, 0.25) is 0 Å². The SMILES string of the molecule is CN(Cc1ccc2c(c1)OCCO2)Cc1cc(C(N)=O)cs1. The molecule has 5 nitrogen and oxygen atoms in total. The molecule has 0 unspecified atom stereocenters. The molecule has 2 N–H and O–H groups in total. The van der Waals surface area contributed by atoms with Crippen LogP contribution in [0.5, 0.6) is 11.5 Å². The average Bonchev–Trinajstić information content (AvgIpc) is 2.95. The zero-order chi connectivity index (χ0) is 15.5. The number of carbonyl (C=O) groups excluding carboxylic acids is 1. The Bertz CT molecular complexity index is 684. The van der Waals surface area contributed by atoms with Gasteiger partial charge < -0.3 is 15.2 Å². The summed E-state index contributed by atoms with van der Waals surface area (Å²) in [5.41, 5.74) is 7.02. The lowest BCUT2D eigenvalue weighted by Crippen LogP contribution is -2.18. The second kappa shape index (κ2) is 6.37. The maximum absolute atomic E-state index is 11.1. The first kappa shape index (κ1) is 14.9. The first-order valence-corrected chi connectivity index (χ1v) is 7.94. The monoisotopic (exact) mass is 318 g/mol. The molecule has 1 aliphatic rings. The van der Waals surface area contributed by atoms with Gasteiger partial charge in [0, 0.05) is 23.3 Å². The van der Waals surface area contributed by atoms with Crippen molar-refractivity contribution in [1.29, 1.82) is 0 Å². The molecule has 0 radical (unpaired) electrons. The summed E-state index contributed by atoms with van der Waals surface area (Å²) in [6.45, 7) is 2.76. The molecule has 22 heavy (non-hydrogen) atoms. The van der Waals surface area contributed by atoms with Crippen molar-refractivity contribution in [1.82, 2.24) is 4.90 Å². The number of primary amides is 1. The summed E-state index contributed by atoms with van der Waals surface area (Å²) in [4.78, 5) is 14.4. The summed E-state index contributed by atoms with van der Waals surface area (Å²) in [5.74, 6) is 1.24. The molecule has 2 aromatic rings. The van der Waals surface area contributed by atoms with Crippen molar-refractivity contribution >= 4 is 17.2 Å². The van der Waals surface area contributed by atoms with Crippen molar-refractivity contribution in [2.75, 3.05) is 20.3 Å². The summed E-state index contributed by atoms with van der Waals surface area (Å²) in [6.07, 6.45) is 0. The molecule has 0 bridgehead atoms. The molecule has 0 aliphatic carbocycles. The number of rotatable bonds is 5. The van der Waals surface area contributed by atoms with Gasteiger partial charge in [-0.1, -0.05) is 6.07 Å². The van der Waals surface area contributed by atoms with Crippen LogP contribution in [0, 0.1) is 0 Å². The Hall–Kier alpha value is -2.05. The quantitative estimate of drug-likeness (QED) is 0.918. The van der Waals surface area contributed by atoms with Crippen LogP contribution in [0.4, 0.5) is 0 Å². The highest BCUT2D eigenvalue weighted by atomic mass is 32.1. The molecular formula is C16H18N2O3S. The van der Waals surface area contributed by atoms with Crippen LogP contribution in [-0.2, 0) is 13.1 Å². The van der Waals surface area contributed by atoms with Gasteiger partial charge in [-0.2, -0.15) is 0 Å². The van der Waals surface area contributed by atoms with Gasteiger partial charge in [0.1, 0.15) is 13.2 Å². The van der Waals surface area contributed by atoms with E-state index < -0.39 is 0 Å². The predicted octanol–water partition coefficient (Wildman–Crippen LogP) is 2.25. The van der Waals surface area contributed by atoms with E-state index >= 15 is 0 Å². The number of nitrogens with zero attached hydrogens (tertiary/aromatic N) is 1. The molecule has 1 aliphatic heterocycles. The predicted molar refractivity (Wildman–Crippen MR) is 85.4 cm³/mol. The first-order chi connectivity index (χ1) is 10.6. The highest BCUT2D eigenvalue weighted by molar-refractivity contribution is 7.10. The molecule has 0 saturated heterocycles. The third-order valence-corrected chi connectivity index (χ3v) is 4.34. The van der Waals surface area contributed by atoms with Crippen molar-refractivity contribution in [2.45, 2.75) is 13.1 Å². The maximum Gasteiger partial charge on any atom is 0.249 e. The van der Waals surface area contributed by atoms with Crippen LogP contribution in [0.25, 0.3) is 0 Å². The standard InChI is InChI=1S/C16H18N2O3S/c1-18(9-13-7-12(10-22-13)16(17)19)8-11-2-3-14-15(6-11)21-5-4-20-14/h2-3,6-7,10H,4-5,8-9H2,1H3,(H2,17,19). The molecular weight excluding hydrogens is 300 g/mol. The number of benzene rings is 1. The van der Waals surface area contributed by atoms with Crippen LogP contribution >= 0.6 is 11.3 Å². The van der Waals surface area contributed by atoms with E-state index in [0.717, 1.165) is 29.5 Å². The Morgan fingerprint density at radius 3 is 2.73 bits per heavy atom. The molecule has 2 heterocycles. The van der Waals surface area contributed by atoms with Crippen molar-refractivity contribution in [3.05, 3.63) is 45.6 Å². The van der Waals surface area contributed by atoms with E-state index in [1.54, 1.807) is 16.7 Å². The van der Waals surface area contributed by atoms with E-state index in [1.807, 2.05) is 31.3 Å². The third-order valence-electron chi connectivity index (χ3n) is 3.42. The van der Waals surface area contributed by atoms with Crippen LogP contribution < -0.4 is 15.2 Å². The van der Waals surface area contributed by atoms with Gasteiger partial charge in [0.25, 0.3) is 0 Å². The summed E-state index contributed by atoms with van der Waals surface area (Å²) < 4.78 is 11.1. The van der Waals surface area contributed by atoms with Crippen LogP contribution in [0.15, 0.2) is 29.6 Å². The number of ether oxygens (including phenoxy) is 2. The zero-order valence-corrected chi connectivity index (χ0v) is 13.2. The van der Waals surface area contributed by atoms with Crippen molar-refractivity contribution in [3.63, 3.8) is 0 Å². The van der Waals surface area contributed by atoms with Gasteiger partial charge in [0.15, 0.2) is 11.5 Å². The van der Waals surface area contributed by atoms with Crippen LogP contribution in [0.1, 0.15) is 20.8 Å². The molecule has 0 saturated carbocycles. The molecule has 3 rings (SSSR count). The van der Waals surface area contributed by atoms with Crippen LogP contribution in [-0.4, -0.2) is 31.1 Å². The Balaban J connectivity index is 1.63. The highest BCUT2D eigenvalue weighted by Crippen LogP contribution is 2.31. The smallest absolute Gasteiger partial charge is 0.249 e. The second-order valence-electron chi connectivity index (χ2n) is 5.32. The van der Waals surface area contributed by atoms with Crippen LogP contribution in [0.3, 0.4) is 0 Å². The maximum atomic E-state index is 11.1. The van der Waals surface area contributed by atoms with E-state index in [1.165, 1.54) is 5.56 Å². The van der Waals surface area contributed by atoms with Crippen molar-refractivity contribution in [3.8, 4) is 11.5 Å². The molecule has 1 aromatic carbocycles. The Labute approximate surface area is 133 Å². The lowest BCUT2D eigenvalue weighted by Gasteiger charge is -2.20. The zero-order valence-electron chi connectivity index (χ0n) is 12.4. The Morgan fingerprint density at radius 1 is 1.23 bits per heavy atom. The molecule has 1 amide bonds. The number of thiophene rings is 1. The molecule has 6 heteroatoms. The lowest BCUT2D eigenvalue weighted by molar-refractivity contribution is 0.100. The van der Waals surface area contributed by atoms with E-state index in [9.17, 15) is 4.79 Å². The van der Waals surface area contributed by atoms with E-state index in [2.05, 4.69) is 4.90 Å². The molecule has 116 valence electrons. The van der Waals surface area contributed by atoms with Gasteiger partial charge in [0.05, 0.1) is 5.56 Å². The number of nitrogens with two attached hydrogens (primary N) is 1. The summed E-state index contributed by atoms with van der Waals surface area (Å²) in [6, 6.07) is 7.88. The summed E-state index contributed by atoms with van der Waals surface area (Å²) in [7, 11) is 2.04. The van der Waals surface area contributed by atoms with E-state index in [0.29, 0.717) is 18.8 Å². The van der Waals surface area contributed by atoms with Gasteiger partial charge >= 0.3 is 0 Å². The lowest BCUT2D eigenvalue weighted by atomic mass is 10.2. The first-order valence-electron chi connectivity index (χ1n) is 7.06. The minimum Gasteiger partial charge on any atom is -0.486 e. The summed E-state index contributed by atoms with van der Waals surface area (Å²) in [5, 5.41) is 1.80. The van der Waals surface area contributed by atoms with Crippen molar-refractivity contribution in [2.24, 2.45) is 5.73 Å². The van der Waals surface area contributed by atoms with E-state index in [4.69, 9.17) is 15.2 Å². The minimum absolute atomic E-state index is 0.378. The van der Waals surface area contributed by atoms with Gasteiger partial charge in [-0.15, -0.1) is 11.3 Å². The Kier molecular flexibility index (Phi) is 4.31. The van der Waals surface area contributed by atoms with Crippen molar-refractivity contribution < 1.29 is 14.3 Å². The van der Waals surface area contributed by atoms with Gasteiger partial charge in [-0.25, -0.2) is 0 Å². The fraction of sp³-hybridized carbons (Fsp3) is 0.312. The molecule has 0 spiro atoms. The van der Waals surface area contributed by atoms with Gasteiger partial charge in [-0.05, 0) is 30.8 Å². The fourth-order valence-corrected chi connectivity index (χ4v) is 3.36. The highest BCUT2D eigenvalue weighted by Gasteiger charge is 2.13. The van der Waals surface area contributed by atoms with Gasteiger partial charge in [-0.3, -0.25) is 9.69 Å². The fourth-order valence-electron chi connectivity index (χ4n) is 2.41. The van der Waals surface area contributed by atoms with Gasteiger partial charge in [0.2, 0.25) is 5.91 Å². The molecule has 1 aromatic heterocycles. The third kappa shape index (κ3) is 3.40. The van der Waals surface area contributed by atoms with E-state index in [-0.39, 0.29) is 5.91 Å². The number of amides is 1.